The number of carbonyl (C=O) groups excluding carboxylic acids is 1. The van der Waals surface area contributed by atoms with E-state index < -0.39 is 0 Å². The standard InChI is InChI=1S/C16H14NO/c18-16(12-6-2-1-3-7-12)17-15-10-13-8-4-5-9-14(13)11-15/h2-9,15H,10-11H2,(H,17,18). The van der Waals surface area contributed by atoms with Gasteiger partial charge in [-0.05, 0) is 42.2 Å². The third-order valence-corrected chi connectivity index (χ3v) is 3.37. The first-order valence-corrected chi connectivity index (χ1v) is 6.17. The molecule has 2 heteroatoms. The Labute approximate surface area is 107 Å². The lowest BCUT2D eigenvalue weighted by molar-refractivity contribution is 0.0938. The molecule has 0 bridgehead atoms. The third-order valence-electron chi connectivity index (χ3n) is 3.37. The van der Waals surface area contributed by atoms with Gasteiger partial charge in [0, 0.05) is 11.6 Å². The predicted octanol–water partition coefficient (Wildman–Crippen LogP) is 2.38. The first kappa shape index (κ1) is 11.0. The summed E-state index contributed by atoms with van der Waals surface area (Å²) in [6, 6.07) is 18.6. The minimum Gasteiger partial charge on any atom is -0.349 e. The summed E-state index contributed by atoms with van der Waals surface area (Å²) < 4.78 is 0. The Morgan fingerprint density at radius 1 is 1.06 bits per heavy atom. The molecular formula is C16H14NO. The second kappa shape index (κ2) is 4.65. The molecule has 1 N–H and O–H groups in total. The maximum atomic E-state index is 12.0. The van der Waals surface area contributed by atoms with E-state index in [0.717, 1.165) is 12.8 Å². The summed E-state index contributed by atoms with van der Waals surface area (Å²) in [5, 5.41) is 3.09. The molecular weight excluding hydrogens is 222 g/mol. The van der Waals surface area contributed by atoms with Gasteiger partial charge in [0.05, 0.1) is 0 Å². The summed E-state index contributed by atoms with van der Waals surface area (Å²) in [6.45, 7) is 0. The highest BCUT2D eigenvalue weighted by Gasteiger charge is 2.22. The molecule has 1 radical (unpaired) electrons. The van der Waals surface area contributed by atoms with Crippen molar-refractivity contribution in [1.29, 1.82) is 0 Å². The van der Waals surface area contributed by atoms with Crippen molar-refractivity contribution in [3.63, 3.8) is 0 Å². The molecule has 1 amide bonds. The topological polar surface area (TPSA) is 29.1 Å². The van der Waals surface area contributed by atoms with Crippen LogP contribution in [0, 0.1) is 6.07 Å². The van der Waals surface area contributed by atoms with Crippen molar-refractivity contribution in [1.82, 2.24) is 5.32 Å². The van der Waals surface area contributed by atoms with Crippen LogP contribution in [0.5, 0.6) is 0 Å². The van der Waals surface area contributed by atoms with E-state index in [-0.39, 0.29) is 11.9 Å². The van der Waals surface area contributed by atoms with Crippen LogP contribution in [0.3, 0.4) is 0 Å². The Morgan fingerprint density at radius 2 is 1.67 bits per heavy atom. The maximum Gasteiger partial charge on any atom is 0.251 e. The van der Waals surface area contributed by atoms with Gasteiger partial charge in [-0.1, -0.05) is 36.4 Å². The first-order chi connectivity index (χ1) is 8.83. The number of fused-ring (bicyclic) bond motifs is 1. The zero-order valence-corrected chi connectivity index (χ0v) is 10.0. The van der Waals surface area contributed by atoms with E-state index in [1.54, 1.807) is 24.3 Å². The summed E-state index contributed by atoms with van der Waals surface area (Å²) >= 11 is 0. The van der Waals surface area contributed by atoms with Gasteiger partial charge in [-0.25, -0.2) is 0 Å². The SMILES string of the molecule is O=C(NC1Cc2ccccc2C1)c1cc[c]cc1. The van der Waals surface area contributed by atoms with Crippen molar-refractivity contribution < 1.29 is 4.79 Å². The third kappa shape index (κ3) is 2.14. The van der Waals surface area contributed by atoms with Crippen LogP contribution in [-0.4, -0.2) is 11.9 Å². The van der Waals surface area contributed by atoms with Crippen LogP contribution in [0.15, 0.2) is 48.5 Å². The molecule has 1 aliphatic rings. The van der Waals surface area contributed by atoms with E-state index in [1.165, 1.54) is 11.1 Å². The number of hydrogen-bond acceptors (Lipinski definition) is 1. The number of rotatable bonds is 2. The summed E-state index contributed by atoms with van der Waals surface area (Å²) in [7, 11) is 0. The van der Waals surface area contributed by atoms with Gasteiger partial charge in [0.1, 0.15) is 0 Å². The molecule has 0 heterocycles. The molecule has 1 aliphatic carbocycles. The maximum absolute atomic E-state index is 12.0. The Hall–Kier alpha value is -2.09. The molecule has 89 valence electrons. The van der Waals surface area contributed by atoms with Gasteiger partial charge in [-0.2, -0.15) is 0 Å². The van der Waals surface area contributed by atoms with Crippen LogP contribution < -0.4 is 5.32 Å². The van der Waals surface area contributed by atoms with Crippen LogP contribution in [-0.2, 0) is 12.8 Å². The first-order valence-electron chi connectivity index (χ1n) is 6.17. The van der Waals surface area contributed by atoms with Gasteiger partial charge >= 0.3 is 0 Å². The molecule has 0 aromatic heterocycles. The number of carbonyl (C=O) groups is 1. The van der Waals surface area contributed by atoms with Gasteiger partial charge < -0.3 is 5.32 Å². The summed E-state index contributed by atoms with van der Waals surface area (Å²) in [5.41, 5.74) is 3.40. The minimum absolute atomic E-state index is 0.00167. The predicted molar refractivity (Wildman–Crippen MR) is 70.4 cm³/mol. The fourth-order valence-corrected chi connectivity index (χ4v) is 2.47. The van der Waals surface area contributed by atoms with Gasteiger partial charge in [0.15, 0.2) is 0 Å². The van der Waals surface area contributed by atoms with Crippen LogP contribution in [0.4, 0.5) is 0 Å². The second-order valence-corrected chi connectivity index (χ2v) is 4.64. The largest absolute Gasteiger partial charge is 0.349 e. The Kier molecular flexibility index (Phi) is 2.85. The molecule has 0 spiro atoms. The fraction of sp³-hybridized carbons (Fsp3) is 0.188. The summed E-state index contributed by atoms with van der Waals surface area (Å²) in [5.74, 6) is 0.00167. The second-order valence-electron chi connectivity index (χ2n) is 4.64. The number of hydrogen-bond donors (Lipinski definition) is 1. The van der Waals surface area contributed by atoms with Crippen molar-refractivity contribution in [2.75, 3.05) is 0 Å². The molecule has 0 saturated heterocycles. The van der Waals surface area contributed by atoms with E-state index in [1.807, 2.05) is 0 Å². The van der Waals surface area contributed by atoms with Crippen molar-refractivity contribution in [3.05, 3.63) is 71.3 Å². The van der Waals surface area contributed by atoms with Gasteiger partial charge in [-0.3, -0.25) is 4.79 Å². The molecule has 0 fully saturated rings. The number of benzene rings is 2. The van der Waals surface area contributed by atoms with E-state index in [0.29, 0.717) is 5.56 Å². The zero-order chi connectivity index (χ0) is 12.4. The van der Waals surface area contributed by atoms with Crippen molar-refractivity contribution in [2.45, 2.75) is 18.9 Å². The Balaban J connectivity index is 1.68. The van der Waals surface area contributed by atoms with E-state index in [2.05, 4.69) is 35.6 Å². The molecule has 0 unspecified atom stereocenters. The lowest BCUT2D eigenvalue weighted by atomic mass is 10.1. The lowest BCUT2D eigenvalue weighted by Crippen LogP contribution is -2.35. The molecule has 0 atom stereocenters. The molecule has 2 nitrogen and oxygen atoms in total. The van der Waals surface area contributed by atoms with Crippen LogP contribution >= 0.6 is 0 Å². The highest BCUT2D eigenvalue weighted by Crippen LogP contribution is 2.21. The van der Waals surface area contributed by atoms with E-state index in [4.69, 9.17) is 0 Å². The minimum atomic E-state index is 0.00167. The molecule has 0 aliphatic heterocycles. The van der Waals surface area contributed by atoms with Crippen LogP contribution in [0.1, 0.15) is 21.5 Å². The summed E-state index contributed by atoms with van der Waals surface area (Å²) in [4.78, 5) is 12.0. The summed E-state index contributed by atoms with van der Waals surface area (Å²) in [6.07, 6.45) is 1.86. The van der Waals surface area contributed by atoms with Crippen LogP contribution in [0.25, 0.3) is 0 Å². The van der Waals surface area contributed by atoms with Crippen molar-refractivity contribution >= 4 is 5.91 Å². The van der Waals surface area contributed by atoms with E-state index >= 15 is 0 Å². The quantitative estimate of drug-likeness (QED) is 0.852. The monoisotopic (exact) mass is 236 g/mol. The molecule has 0 saturated carbocycles. The smallest absolute Gasteiger partial charge is 0.251 e. The Bertz CT molecular complexity index is 537. The van der Waals surface area contributed by atoms with Crippen molar-refractivity contribution in [2.24, 2.45) is 0 Å². The molecule has 2 aromatic carbocycles. The normalized spacial score (nSPS) is 14.2. The van der Waals surface area contributed by atoms with Gasteiger partial charge in [0.2, 0.25) is 0 Å². The van der Waals surface area contributed by atoms with Crippen LogP contribution in [0.2, 0.25) is 0 Å². The Morgan fingerprint density at radius 3 is 2.28 bits per heavy atom. The number of amides is 1. The van der Waals surface area contributed by atoms with E-state index in [9.17, 15) is 4.79 Å². The van der Waals surface area contributed by atoms with Crippen molar-refractivity contribution in [3.8, 4) is 0 Å². The highest BCUT2D eigenvalue weighted by atomic mass is 16.1. The lowest BCUT2D eigenvalue weighted by Gasteiger charge is -2.11. The van der Waals surface area contributed by atoms with Gasteiger partial charge in [-0.15, -0.1) is 0 Å². The van der Waals surface area contributed by atoms with Gasteiger partial charge in [0.25, 0.3) is 5.91 Å². The highest BCUT2D eigenvalue weighted by molar-refractivity contribution is 5.94. The molecule has 2 aromatic rings. The molecule has 18 heavy (non-hydrogen) atoms. The average molecular weight is 236 g/mol. The average Bonchev–Trinajstić information content (AvgIpc) is 2.82. The molecule has 3 rings (SSSR count). The zero-order valence-electron chi connectivity index (χ0n) is 10.0. The number of nitrogens with one attached hydrogen (secondary N) is 1. The fourth-order valence-electron chi connectivity index (χ4n) is 2.47.